The lowest BCUT2D eigenvalue weighted by Crippen LogP contribution is -2.14. The molecule has 0 spiro atoms. The van der Waals surface area contributed by atoms with Crippen LogP contribution in [0.2, 0.25) is 10.2 Å². The summed E-state index contributed by atoms with van der Waals surface area (Å²) in [6, 6.07) is 7.49. The van der Waals surface area contributed by atoms with Crippen molar-refractivity contribution in [2.45, 2.75) is 11.8 Å². The number of nitrogens with one attached hydrogen (secondary N) is 2. The number of halogens is 2. The summed E-state index contributed by atoms with van der Waals surface area (Å²) in [5.74, 6) is -0.256. The summed E-state index contributed by atoms with van der Waals surface area (Å²) in [5, 5.41) is 2.62. The number of carbonyl (C=O) groups excluding carboxylic acids is 1. The first-order valence-electron chi connectivity index (χ1n) is 5.99. The molecule has 9 heteroatoms. The van der Waals surface area contributed by atoms with E-state index in [2.05, 4.69) is 15.0 Å². The SMILES string of the molecule is CC(=O)Nc1cccc(NS(=O)(=O)c2cnc(Cl)c(Cl)c2)c1. The zero-order valence-corrected chi connectivity index (χ0v) is 13.6. The van der Waals surface area contributed by atoms with Gasteiger partial charge >= 0.3 is 0 Å². The Morgan fingerprint density at radius 2 is 1.86 bits per heavy atom. The van der Waals surface area contributed by atoms with Gasteiger partial charge in [-0.25, -0.2) is 13.4 Å². The van der Waals surface area contributed by atoms with E-state index in [1.165, 1.54) is 19.1 Å². The number of pyridine rings is 1. The van der Waals surface area contributed by atoms with Crippen molar-refractivity contribution in [2.24, 2.45) is 0 Å². The minimum absolute atomic E-state index is 0.0215. The summed E-state index contributed by atoms with van der Waals surface area (Å²) < 4.78 is 26.9. The number of hydrogen-bond acceptors (Lipinski definition) is 4. The van der Waals surface area contributed by atoms with Gasteiger partial charge in [-0.2, -0.15) is 0 Å². The van der Waals surface area contributed by atoms with Crippen LogP contribution in [-0.4, -0.2) is 19.3 Å². The maximum atomic E-state index is 12.3. The van der Waals surface area contributed by atoms with Crippen LogP contribution in [0.1, 0.15) is 6.92 Å². The number of amides is 1. The quantitative estimate of drug-likeness (QED) is 0.820. The van der Waals surface area contributed by atoms with Crippen molar-refractivity contribution in [3.05, 3.63) is 46.7 Å². The lowest BCUT2D eigenvalue weighted by molar-refractivity contribution is -0.114. The molecule has 1 aromatic heterocycles. The monoisotopic (exact) mass is 359 g/mol. The van der Waals surface area contributed by atoms with Crippen LogP contribution in [0.5, 0.6) is 0 Å². The topological polar surface area (TPSA) is 88.2 Å². The number of carbonyl (C=O) groups is 1. The number of nitrogens with zero attached hydrogens (tertiary/aromatic N) is 1. The molecule has 0 aliphatic heterocycles. The highest BCUT2D eigenvalue weighted by Crippen LogP contribution is 2.24. The van der Waals surface area contributed by atoms with Gasteiger partial charge in [-0.15, -0.1) is 0 Å². The van der Waals surface area contributed by atoms with Crippen molar-refractivity contribution in [3.63, 3.8) is 0 Å². The van der Waals surface area contributed by atoms with Crippen LogP contribution in [0.3, 0.4) is 0 Å². The fourth-order valence-electron chi connectivity index (χ4n) is 1.63. The third-order valence-electron chi connectivity index (χ3n) is 2.52. The summed E-state index contributed by atoms with van der Waals surface area (Å²) in [7, 11) is -3.87. The molecule has 116 valence electrons. The second-order valence-corrected chi connectivity index (χ2v) is 6.76. The summed E-state index contributed by atoms with van der Waals surface area (Å²) >= 11 is 11.4. The zero-order chi connectivity index (χ0) is 16.3. The third-order valence-corrected chi connectivity index (χ3v) is 4.55. The maximum Gasteiger partial charge on any atom is 0.263 e. The summed E-state index contributed by atoms with van der Waals surface area (Å²) in [4.78, 5) is 14.6. The molecule has 6 nitrogen and oxygen atoms in total. The summed E-state index contributed by atoms with van der Waals surface area (Å²) in [6.45, 7) is 1.36. The van der Waals surface area contributed by atoms with E-state index in [1.54, 1.807) is 18.2 Å². The van der Waals surface area contributed by atoms with Crippen molar-refractivity contribution in [2.75, 3.05) is 10.0 Å². The molecule has 2 N–H and O–H groups in total. The molecule has 1 amide bonds. The van der Waals surface area contributed by atoms with E-state index < -0.39 is 10.0 Å². The Hall–Kier alpha value is -1.83. The first-order chi connectivity index (χ1) is 10.3. The fraction of sp³-hybridized carbons (Fsp3) is 0.0769. The van der Waals surface area contributed by atoms with Gasteiger partial charge in [-0.3, -0.25) is 9.52 Å². The molecule has 0 radical (unpaired) electrons. The molecule has 2 aromatic rings. The second-order valence-electron chi connectivity index (χ2n) is 4.31. The Balaban J connectivity index is 2.28. The fourth-order valence-corrected chi connectivity index (χ4v) is 2.98. The van der Waals surface area contributed by atoms with Crippen LogP contribution in [0, 0.1) is 0 Å². The van der Waals surface area contributed by atoms with Crippen molar-refractivity contribution < 1.29 is 13.2 Å². The van der Waals surface area contributed by atoms with E-state index in [1.807, 2.05) is 0 Å². The average Bonchev–Trinajstić information content (AvgIpc) is 2.40. The van der Waals surface area contributed by atoms with Crippen molar-refractivity contribution in [3.8, 4) is 0 Å². The highest BCUT2D eigenvalue weighted by atomic mass is 35.5. The van der Waals surface area contributed by atoms with Crippen LogP contribution < -0.4 is 10.0 Å². The number of sulfonamides is 1. The number of benzene rings is 1. The molecule has 0 bridgehead atoms. The molecular formula is C13H11Cl2N3O3S. The normalized spacial score (nSPS) is 11.0. The molecule has 1 aromatic carbocycles. The van der Waals surface area contributed by atoms with Gasteiger partial charge in [-0.1, -0.05) is 29.3 Å². The van der Waals surface area contributed by atoms with Gasteiger partial charge in [0.2, 0.25) is 5.91 Å². The van der Waals surface area contributed by atoms with Crippen molar-refractivity contribution >= 4 is 50.5 Å². The number of rotatable bonds is 4. The Morgan fingerprint density at radius 1 is 1.18 bits per heavy atom. The predicted octanol–water partition coefficient (Wildman–Crippen LogP) is 3.15. The van der Waals surface area contributed by atoms with Crippen LogP contribution in [0.15, 0.2) is 41.4 Å². The third kappa shape index (κ3) is 4.09. The summed E-state index contributed by atoms with van der Waals surface area (Å²) in [6.07, 6.45) is 1.11. The molecule has 0 atom stereocenters. The van der Waals surface area contributed by atoms with E-state index in [0.29, 0.717) is 5.69 Å². The first kappa shape index (κ1) is 16.5. The van der Waals surface area contributed by atoms with Gasteiger partial charge in [0.1, 0.15) is 10.0 Å². The van der Waals surface area contributed by atoms with Crippen LogP contribution in [0.25, 0.3) is 0 Å². The minimum atomic E-state index is -3.87. The molecule has 22 heavy (non-hydrogen) atoms. The van der Waals surface area contributed by atoms with Gasteiger partial charge in [-0.05, 0) is 24.3 Å². The zero-order valence-electron chi connectivity index (χ0n) is 11.3. The van der Waals surface area contributed by atoms with Crippen LogP contribution in [-0.2, 0) is 14.8 Å². The Kier molecular flexibility index (Phi) is 4.90. The Bertz CT molecular complexity index is 825. The van der Waals surface area contributed by atoms with Gasteiger partial charge in [0.25, 0.3) is 10.0 Å². The van der Waals surface area contributed by atoms with Crippen LogP contribution >= 0.6 is 23.2 Å². The minimum Gasteiger partial charge on any atom is -0.326 e. The standard InChI is InChI=1S/C13H11Cl2N3O3S/c1-8(19)17-9-3-2-4-10(5-9)18-22(20,21)11-6-12(14)13(15)16-7-11/h2-7,18H,1H3,(H,17,19). The molecule has 0 saturated carbocycles. The average molecular weight is 360 g/mol. The Morgan fingerprint density at radius 3 is 2.50 bits per heavy atom. The summed E-state index contributed by atoms with van der Waals surface area (Å²) in [5.41, 5.74) is 0.761. The highest BCUT2D eigenvalue weighted by Gasteiger charge is 2.16. The lowest BCUT2D eigenvalue weighted by atomic mass is 10.3. The molecule has 0 aliphatic rings. The van der Waals surface area contributed by atoms with Gasteiger partial charge in [0, 0.05) is 18.8 Å². The molecule has 0 saturated heterocycles. The molecule has 2 rings (SSSR count). The number of anilines is 2. The van der Waals surface area contributed by atoms with Gasteiger partial charge in [0.15, 0.2) is 0 Å². The number of aromatic nitrogens is 1. The smallest absolute Gasteiger partial charge is 0.263 e. The molecule has 1 heterocycles. The predicted molar refractivity (Wildman–Crippen MR) is 85.8 cm³/mol. The highest BCUT2D eigenvalue weighted by molar-refractivity contribution is 7.92. The van der Waals surface area contributed by atoms with E-state index in [0.717, 1.165) is 6.20 Å². The van der Waals surface area contributed by atoms with Crippen molar-refractivity contribution in [1.29, 1.82) is 0 Å². The van der Waals surface area contributed by atoms with Gasteiger partial charge in [0.05, 0.1) is 10.7 Å². The van der Waals surface area contributed by atoms with E-state index in [4.69, 9.17) is 23.2 Å². The van der Waals surface area contributed by atoms with E-state index in [-0.39, 0.29) is 26.7 Å². The van der Waals surface area contributed by atoms with Crippen LogP contribution in [0.4, 0.5) is 11.4 Å². The second kappa shape index (κ2) is 6.51. The van der Waals surface area contributed by atoms with E-state index in [9.17, 15) is 13.2 Å². The molecule has 0 aliphatic carbocycles. The lowest BCUT2D eigenvalue weighted by Gasteiger charge is -2.10. The molecule has 0 fully saturated rings. The van der Waals surface area contributed by atoms with Crippen molar-refractivity contribution in [1.82, 2.24) is 4.98 Å². The molecule has 0 unspecified atom stereocenters. The maximum absolute atomic E-state index is 12.3. The van der Waals surface area contributed by atoms with Gasteiger partial charge < -0.3 is 5.32 Å². The Labute approximate surface area is 137 Å². The number of hydrogen-bond donors (Lipinski definition) is 2. The largest absolute Gasteiger partial charge is 0.326 e. The van der Waals surface area contributed by atoms with E-state index >= 15 is 0 Å². The molecular weight excluding hydrogens is 349 g/mol. The first-order valence-corrected chi connectivity index (χ1v) is 8.23.